The van der Waals surface area contributed by atoms with Crippen molar-refractivity contribution < 1.29 is 9.90 Å². The van der Waals surface area contributed by atoms with E-state index < -0.39 is 5.97 Å². The Morgan fingerprint density at radius 1 is 1.54 bits per heavy atom. The zero-order valence-corrected chi connectivity index (χ0v) is 8.12. The third-order valence-corrected chi connectivity index (χ3v) is 2.49. The van der Waals surface area contributed by atoms with Crippen LogP contribution in [0.25, 0.3) is 0 Å². The number of carbonyl (C=O) groups is 1. The fourth-order valence-corrected chi connectivity index (χ4v) is 1.77. The zero-order chi connectivity index (χ0) is 9.68. The van der Waals surface area contributed by atoms with Gasteiger partial charge in [-0.05, 0) is 19.4 Å². The summed E-state index contributed by atoms with van der Waals surface area (Å²) in [4.78, 5) is 12.9. The van der Waals surface area contributed by atoms with Crippen LogP contribution in [-0.2, 0) is 4.79 Å². The summed E-state index contributed by atoms with van der Waals surface area (Å²) in [6, 6.07) is -0.292. The zero-order valence-electron chi connectivity index (χ0n) is 8.12. The molecule has 76 valence electrons. The van der Waals surface area contributed by atoms with E-state index in [0.717, 1.165) is 32.6 Å². The van der Waals surface area contributed by atoms with Crippen molar-refractivity contribution in [2.75, 3.05) is 26.2 Å². The molecule has 0 spiro atoms. The van der Waals surface area contributed by atoms with Crippen LogP contribution in [0.15, 0.2) is 0 Å². The van der Waals surface area contributed by atoms with Gasteiger partial charge in [0, 0.05) is 19.6 Å². The number of hydrogen-bond acceptors (Lipinski definition) is 3. The van der Waals surface area contributed by atoms with E-state index in [0.29, 0.717) is 6.42 Å². The number of nitrogens with one attached hydrogen (secondary N) is 1. The molecule has 0 aromatic heterocycles. The lowest BCUT2D eigenvalue weighted by atomic mass is 10.2. The number of nitrogens with zero attached hydrogens (tertiary/aromatic N) is 1. The normalized spacial score (nSPS) is 22.2. The van der Waals surface area contributed by atoms with Gasteiger partial charge in [0.2, 0.25) is 0 Å². The molecule has 0 aromatic carbocycles. The van der Waals surface area contributed by atoms with Crippen LogP contribution in [0, 0.1) is 0 Å². The van der Waals surface area contributed by atoms with E-state index in [1.54, 1.807) is 0 Å². The predicted molar refractivity (Wildman–Crippen MR) is 50.8 cm³/mol. The third-order valence-electron chi connectivity index (χ3n) is 2.49. The Bertz CT molecular complexity index is 165. The first-order valence-corrected chi connectivity index (χ1v) is 4.93. The predicted octanol–water partition coefficient (Wildman–Crippen LogP) is 0.145. The number of rotatable bonds is 3. The Morgan fingerprint density at radius 2 is 2.31 bits per heavy atom. The molecule has 0 aromatic rings. The molecule has 1 heterocycles. The SMILES string of the molecule is CCC(C(=O)O)N1CCCNCC1. The fourth-order valence-electron chi connectivity index (χ4n) is 1.77. The molecule has 1 rings (SSSR count). The first-order valence-electron chi connectivity index (χ1n) is 4.93. The van der Waals surface area contributed by atoms with Crippen LogP contribution < -0.4 is 5.32 Å². The second kappa shape index (κ2) is 5.19. The second-order valence-electron chi connectivity index (χ2n) is 3.40. The lowest BCUT2D eigenvalue weighted by Crippen LogP contribution is -2.42. The van der Waals surface area contributed by atoms with Crippen LogP contribution in [0.1, 0.15) is 19.8 Å². The van der Waals surface area contributed by atoms with E-state index in [2.05, 4.69) is 10.2 Å². The van der Waals surface area contributed by atoms with Gasteiger partial charge in [0.05, 0.1) is 0 Å². The van der Waals surface area contributed by atoms with Gasteiger partial charge in [0.15, 0.2) is 0 Å². The van der Waals surface area contributed by atoms with E-state index >= 15 is 0 Å². The van der Waals surface area contributed by atoms with E-state index in [-0.39, 0.29) is 6.04 Å². The molecule has 0 saturated carbocycles. The van der Waals surface area contributed by atoms with Crippen molar-refractivity contribution in [3.8, 4) is 0 Å². The molecule has 0 radical (unpaired) electrons. The molecule has 1 atom stereocenters. The molecule has 13 heavy (non-hydrogen) atoms. The first kappa shape index (κ1) is 10.5. The van der Waals surface area contributed by atoms with Crippen LogP contribution in [0.4, 0.5) is 0 Å². The Labute approximate surface area is 78.9 Å². The number of hydrogen-bond donors (Lipinski definition) is 2. The minimum atomic E-state index is -0.690. The van der Waals surface area contributed by atoms with Gasteiger partial charge in [-0.25, -0.2) is 0 Å². The van der Waals surface area contributed by atoms with Crippen molar-refractivity contribution >= 4 is 5.97 Å². The summed E-state index contributed by atoms with van der Waals surface area (Å²) in [5.74, 6) is -0.690. The molecule has 4 nitrogen and oxygen atoms in total. The Kier molecular flexibility index (Phi) is 4.18. The van der Waals surface area contributed by atoms with Crippen LogP contribution in [0.3, 0.4) is 0 Å². The van der Waals surface area contributed by atoms with Gasteiger partial charge in [0.25, 0.3) is 0 Å². The summed E-state index contributed by atoms with van der Waals surface area (Å²) in [5, 5.41) is 12.2. The number of aliphatic carboxylic acids is 1. The smallest absolute Gasteiger partial charge is 0.320 e. The highest BCUT2D eigenvalue weighted by Gasteiger charge is 2.23. The highest BCUT2D eigenvalue weighted by atomic mass is 16.4. The standard InChI is InChI=1S/C9H18N2O2/c1-2-8(9(12)13)11-6-3-4-10-5-7-11/h8,10H,2-7H2,1H3,(H,12,13). The van der Waals surface area contributed by atoms with Crippen LogP contribution >= 0.6 is 0 Å². The summed E-state index contributed by atoms with van der Waals surface area (Å²) in [7, 11) is 0. The summed E-state index contributed by atoms with van der Waals surface area (Å²) in [6.45, 7) is 5.59. The minimum Gasteiger partial charge on any atom is -0.480 e. The monoisotopic (exact) mass is 186 g/mol. The molecule has 1 unspecified atom stereocenters. The van der Waals surface area contributed by atoms with Crippen LogP contribution in [0.5, 0.6) is 0 Å². The lowest BCUT2D eigenvalue weighted by Gasteiger charge is -2.25. The fraction of sp³-hybridized carbons (Fsp3) is 0.889. The molecule has 0 bridgehead atoms. The van der Waals surface area contributed by atoms with Crippen molar-refractivity contribution in [2.45, 2.75) is 25.8 Å². The average Bonchev–Trinajstić information content (AvgIpc) is 2.33. The molecule has 0 amide bonds. The average molecular weight is 186 g/mol. The maximum Gasteiger partial charge on any atom is 0.320 e. The molecule has 2 N–H and O–H groups in total. The summed E-state index contributed by atoms with van der Waals surface area (Å²) >= 11 is 0. The van der Waals surface area contributed by atoms with Gasteiger partial charge >= 0.3 is 5.97 Å². The Balaban J connectivity index is 2.50. The number of carboxylic acids is 1. The van der Waals surface area contributed by atoms with Crippen LogP contribution in [-0.4, -0.2) is 48.2 Å². The largest absolute Gasteiger partial charge is 0.480 e. The van der Waals surface area contributed by atoms with E-state index in [9.17, 15) is 4.79 Å². The van der Waals surface area contributed by atoms with Gasteiger partial charge in [-0.3, -0.25) is 9.69 Å². The molecule has 1 aliphatic heterocycles. The van der Waals surface area contributed by atoms with Crippen molar-refractivity contribution in [1.82, 2.24) is 10.2 Å². The highest BCUT2D eigenvalue weighted by molar-refractivity contribution is 5.73. The maximum absolute atomic E-state index is 10.9. The molecule has 1 aliphatic rings. The van der Waals surface area contributed by atoms with Crippen molar-refractivity contribution in [2.24, 2.45) is 0 Å². The molecular formula is C9H18N2O2. The summed E-state index contributed by atoms with van der Waals surface area (Å²) in [5.41, 5.74) is 0. The minimum absolute atomic E-state index is 0.292. The summed E-state index contributed by atoms with van der Waals surface area (Å²) < 4.78 is 0. The van der Waals surface area contributed by atoms with E-state index in [1.165, 1.54) is 0 Å². The quantitative estimate of drug-likeness (QED) is 0.658. The van der Waals surface area contributed by atoms with E-state index in [4.69, 9.17) is 5.11 Å². The highest BCUT2D eigenvalue weighted by Crippen LogP contribution is 2.06. The topological polar surface area (TPSA) is 52.6 Å². The molecule has 1 saturated heterocycles. The Hall–Kier alpha value is -0.610. The molecular weight excluding hydrogens is 168 g/mol. The molecule has 1 fully saturated rings. The van der Waals surface area contributed by atoms with Gasteiger partial charge in [-0.15, -0.1) is 0 Å². The van der Waals surface area contributed by atoms with E-state index in [1.807, 2.05) is 6.92 Å². The third kappa shape index (κ3) is 2.97. The first-order chi connectivity index (χ1) is 6.25. The maximum atomic E-state index is 10.9. The second-order valence-corrected chi connectivity index (χ2v) is 3.40. The van der Waals surface area contributed by atoms with Gasteiger partial charge in [-0.2, -0.15) is 0 Å². The molecule has 0 aliphatic carbocycles. The molecule has 4 heteroatoms. The van der Waals surface area contributed by atoms with Crippen molar-refractivity contribution in [1.29, 1.82) is 0 Å². The number of carboxylic acid groups (broad SMARTS) is 1. The van der Waals surface area contributed by atoms with Gasteiger partial charge in [0.1, 0.15) is 6.04 Å². The van der Waals surface area contributed by atoms with Crippen LogP contribution in [0.2, 0.25) is 0 Å². The van der Waals surface area contributed by atoms with Crippen molar-refractivity contribution in [3.63, 3.8) is 0 Å². The van der Waals surface area contributed by atoms with Gasteiger partial charge in [-0.1, -0.05) is 6.92 Å². The lowest BCUT2D eigenvalue weighted by molar-refractivity contribution is -0.143. The van der Waals surface area contributed by atoms with Gasteiger partial charge < -0.3 is 10.4 Å². The summed E-state index contributed by atoms with van der Waals surface area (Å²) in [6.07, 6.45) is 1.74. The van der Waals surface area contributed by atoms with Crippen molar-refractivity contribution in [3.05, 3.63) is 0 Å². The Morgan fingerprint density at radius 3 is 2.92 bits per heavy atom.